The lowest BCUT2D eigenvalue weighted by Gasteiger charge is -2.26. The van der Waals surface area contributed by atoms with Gasteiger partial charge in [-0.25, -0.2) is 9.37 Å². The van der Waals surface area contributed by atoms with E-state index in [1.165, 1.54) is 6.07 Å². The Morgan fingerprint density at radius 1 is 0.967 bits per heavy atom. The third-order valence-corrected chi connectivity index (χ3v) is 5.72. The second kappa shape index (κ2) is 8.19. The molecule has 1 fully saturated rings. The van der Waals surface area contributed by atoms with Crippen LogP contribution in [0.3, 0.4) is 0 Å². The van der Waals surface area contributed by atoms with Crippen molar-refractivity contribution in [1.29, 1.82) is 0 Å². The van der Waals surface area contributed by atoms with Gasteiger partial charge >= 0.3 is 0 Å². The average Bonchev–Trinajstić information content (AvgIpc) is 3.12. The number of hydrogen-bond acceptors (Lipinski definition) is 3. The molecule has 0 radical (unpaired) electrons. The van der Waals surface area contributed by atoms with Gasteiger partial charge in [0.1, 0.15) is 11.5 Å². The van der Waals surface area contributed by atoms with Crippen molar-refractivity contribution in [2.24, 2.45) is 0 Å². The van der Waals surface area contributed by atoms with Crippen LogP contribution in [0.25, 0.3) is 28.0 Å². The Kier molecular flexibility index (Phi) is 5.25. The number of aromatic nitrogens is 2. The highest BCUT2D eigenvalue weighted by atomic mass is 35.5. The van der Waals surface area contributed by atoms with Crippen molar-refractivity contribution < 1.29 is 9.13 Å². The van der Waals surface area contributed by atoms with Gasteiger partial charge in [-0.1, -0.05) is 41.9 Å². The monoisotopic (exact) mass is 421 g/mol. The van der Waals surface area contributed by atoms with Crippen LogP contribution in [0, 0.1) is 5.82 Å². The van der Waals surface area contributed by atoms with Gasteiger partial charge < -0.3 is 9.14 Å². The highest BCUT2D eigenvalue weighted by Gasteiger charge is 2.21. The molecule has 30 heavy (non-hydrogen) atoms. The predicted molar refractivity (Wildman–Crippen MR) is 117 cm³/mol. The molecule has 0 N–H and O–H groups in total. The second-order valence-electron chi connectivity index (χ2n) is 7.43. The number of benzene rings is 2. The first-order chi connectivity index (χ1) is 14.7. The average molecular weight is 422 g/mol. The van der Waals surface area contributed by atoms with Crippen LogP contribution in [0.15, 0.2) is 66.9 Å². The maximum atomic E-state index is 14.8. The van der Waals surface area contributed by atoms with E-state index in [4.69, 9.17) is 21.3 Å². The summed E-state index contributed by atoms with van der Waals surface area (Å²) in [6.07, 6.45) is 2.09. The fourth-order valence-corrected chi connectivity index (χ4v) is 4.07. The number of halogens is 2. The Hall–Kier alpha value is -2.73. The second-order valence-corrected chi connectivity index (χ2v) is 7.87. The molecule has 2 aromatic carbocycles. The summed E-state index contributed by atoms with van der Waals surface area (Å²) < 4.78 is 22.4. The van der Waals surface area contributed by atoms with Gasteiger partial charge in [0, 0.05) is 36.4 Å². The molecule has 152 valence electrons. The molecule has 0 aliphatic carbocycles. The van der Waals surface area contributed by atoms with Gasteiger partial charge in [-0.3, -0.25) is 4.90 Å². The van der Waals surface area contributed by atoms with E-state index in [1.54, 1.807) is 12.1 Å². The quantitative estimate of drug-likeness (QED) is 0.448. The van der Waals surface area contributed by atoms with E-state index >= 15 is 0 Å². The number of pyridine rings is 1. The molecule has 3 heterocycles. The number of nitrogens with zero attached hydrogens (tertiary/aromatic N) is 3. The number of rotatable bonds is 4. The van der Waals surface area contributed by atoms with Gasteiger partial charge in [0.15, 0.2) is 0 Å². The van der Waals surface area contributed by atoms with Gasteiger partial charge in [0.05, 0.1) is 24.6 Å². The lowest BCUT2D eigenvalue weighted by Crippen LogP contribution is -2.36. The molecule has 0 bridgehead atoms. The van der Waals surface area contributed by atoms with Gasteiger partial charge in [0.2, 0.25) is 0 Å². The van der Waals surface area contributed by atoms with Gasteiger partial charge in [-0.05, 0) is 41.5 Å². The van der Waals surface area contributed by atoms with E-state index in [-0.39, 0.29) is 5.82 Å². The number of ether oxygens (including phenoxy) is 1. The zero-order valence-corrected chi connectivity index (χ0v) is 17.1. The SMILES string of the molecule is Fc1cc(Cl)ccc1-c1nc2ccc(-c3ccccc3)cn2c1CN1CCOCC1. The van der Waals surface area contributed by atoms with Crippen LogP contribution in [0.5, 0.6) is 0 Å². The highest BCUT2D eigenvalue weighted by Crippen LogP contribution is 2.31. The maximum absolute atomic E-state index is 14.8. The minimum atomic E-state index is -0.364. The van der Waals surface area contributed by atoms with Crippen LogP contribution in [-0.2, 0) is 11.3 Å². The van der Waals surface area contributed by atoms with E-state index in [2.05, 4.69) is 33.7 Å². The Balaban J connectivity index is 1.67. The normalized spacial score (nSPS) is 15.0. The molecule has 1 aliphatic heterocycles. The lowest BCUT2D eigenvalue weighted by atomic mass is 10.1. The molecule has 5 rings (SSSR count). The maximum Gasteiger partial charge on any atom is 0.137 e. The van der Waals surface area contributed by atoms with E-state index in [0.29, 0.717) is 36.0 Å². The van der Waals surface area contributed by atoms with E-state index in [1.807, 2.05) is 24.3 Å². The highest BCUT2D eigenvalue weighted by molar-refractivity contribution is 6.30. The first-order valence-electron chi connectivity index (χ1n) is 10.0. The summed E-state index contributed by atoms with van der Waals surface area (Å²) in [4.78, 5) is 7.11. The van der Waals surface area contributed by atoms with Crippen LogP contribution in [0.1, 0.15) is 5.69 Å². The van der Waals surface area contributed by atoms with Crippen molar-refractivity contribution in [2.75, 3.05) is 26.3 Å². The summed E-state index contributed by atoms with van der Waals surface area (Å²) in [6, 6.07) is 19.0. The molecule has 0 saturated carbocycles. The Morgan fingerprint density at radius 3 is 2.53 bits per heavy atom. The minimum absolute atomic E-state index is 0.364. The molecule has 0 atom stereocenters. The molecule has 4 nitrogen and oxygen atoms in total. The van der Waals surface area contributed by atoms with Crippen LogP contribution in [0.2, 0.25) is 5.02 Å². The van der Waals surface area contributed by atoms with Gasteiger partial charge in [-0.15, -0.1) is 0 Å². The number of imidazole rings is 1. The topological polar surface area (TPSA) is 29.8 Å². The molecule has 0 amide bonds. The van der Waals surface area contributed by atoms with Crippen molar-refractivity contribution in [2.45, 2.75) is 6.54 Å². The van der Waals surface area contributed by atoms with Gasteiger partial charge in [-0.2, -0.15) is 0 Å². The standard InChI is InChI=1S/C24H21ClFN3O/c25-19-7-8-20(21(26)14-19)24-22(16-28-10-12-30-13-11-28)29-15-18(6-9-23(29)27-24)17-4-2-1-3-5-17/h1-9,14-15H,10-13,16H2. The molecule has 6 heteroatoms. The van der Waals surface area contributed by atoms with Crippen LogP contribution in [-0.4, -0.2) is 40.6 Å². The zero-order chi connectivity index (χ0) is 20.5. The summed E-state index contributed by atoms with van der Waals surface area (Å²) in [7, 11) is 0. The third kappa shape index (κ3) is 3.72. The molecule has 0 spiro atoms. The molecule has 1 saturated heterocycles. The summed E-state index contributed by atoms with van der Waals surface area (Å²) in [5.74, 6) is -0.364. The fourth-order valence-electron chi connectivity index (χ4n) is 3.91. The molecule has 0 unspecified atom stereocenters. The van der Waals surface area contributed by atoms with Crippen molar-refractivity contribution in [3.8, 4) is 22.4 Å². The number of hydrogen-bond donors (Lipinski definition) is 0. The molecular weight excluding hydrogens is 401 g/mol. The van der Waals surface area contributed by atoms with Crippen LogP contribution < -0.4 is 0 Å². The Bertz CT molecular complexity index is 1190. The molecule has 1 aliphatic rings. The van der Waals surface area contributed by atoms with Crippen LogP contribution in [0.4, 0.5) is 4.39 Å². The van der Waals surface area contributed by atoms with Crippen molar-refractivity contribution in [3.05, 3.63) is 83.4 Å². The molecule has 2 aromatic heterocycles. The first kappa shape index (κ1) is 19.2. The smallest absolute Gasteiger partial charge is 0.137 e. The predicted octanol–water partition coefficient (Wildman–Crippen LogP) is 5.29. The van der Waals surface area contributed by atoms with Crippen molar-refractivity contribution in [3.63, 3.8) is 0 Å². The van der Waals surface area contributed by atoms with Crippen molar-refractivity contribution >= 4 is 17.2 Å². The summed E-state index contributed by atoms with van der Waals surface area (Å²) in [5, 5.41) is 0.376. The first-order valence-corrected chi connectivity index (χ1v) is 10.4. The summed E-state index contributed by atoms with van der Waals surface area (Å²) in [6.45, 7) is 3.76. The van der Waals surface area contributed by atoms with Crippen LogP contribution >= 0.6 is 11.6 Å². The summed E-state index contributed by atoms with van der Waals surface area (Å²) >= 11 is 5.98. The Morgan fingerprint density at radius 2 is 1.77 bits per heavy atom. The van der Waals surface area contributed by atoms with E-state index in [9.17, 15) is 4.39 Å². The molecular formula is C24H21ClFN3O. The largest absolute Gasteiger partial charge is 0.379 e. The zero-order valence-electron chi connectivity index (χ0n) is 16.4. The van der Waals surface area contributed by atoms with Gasteiger partial charge in [0.25, 0.3) is 0 Å². The van der Waals surface area contributed by atoms with E-state index < -0.39 is 0 Å². The number of fused-ring (bicyclic) bond motifs is 1. The molecule has 4 aromatic rings. The Labute approximate surface area is 179 Å². The van der Waals surface area contributed by atoms with Crippen molar-refractivity contribution in [1.82, 2.24) is 14.3 Å². The summed E-state index contributed by atoms with van der Waals surface area (Å²) in [5.41, 5.74) is 5.10. The lowest BCUT2D eigenvalue weighted by molar-refractivity contribution is 0.0336. The third-order valence-electron chi connectivity index (χ3n) is 5.49. The fraction of sp³-hybridized carbons (Fsp3) is 0.208. The minimum Gasteiger partial charge on any atom is -0.379 e. The van der Waals surface area contributed by atoms with E-state index in [0.717, 1.165) is 35.6 Å². The number of morpholine rings is 1.